The van der Waals surface area contributed by atoms with Crippen LogP contribution in [0.3, 0.4) is 0 Å². The average molecular weight is 379 g/mol. The van der Waals surface area contributed by atoms with Crippen molar-refractivity contribution < 1.29 is 0 Å². The average Bonchev–Trinajstić information content (AvgIpc) is 2.50. The van der Waals surface area contributed by atoms with Crippen LogP contribution < -0.4 is 5.32 Å². The molecule has 1 N–H and O–H groups in total. The first kappa shape index (κ1) is 15.5. The maximum absolute atomic E-state index is 3.43. The zero-order valence-electron chi connectivity index (χ0n) is 12.4. The Balaban J connectivity index is 2.31. The third-order valence-electron chi connectivity index (χ3n) is 3.96. The fraction of sp³-hybridized carbons (Fsp3) is 0.333. The molecule has 0 saturated heterocycles. The summed E-state index contributed by atoms with van der Waals surface area (Å²) in [4.78, 5) is 0. The van der Waals surface area contributed by atoms with Crippen molar-refractivity contribution >= 4 is 22.6 Å². The Morgan fingerprint density at radius 2 is 1.60 bits per heavy atom. The van der Waals surface area contributed by atoms with Crippen LogP contribution in [0, 0.1) is 3.57 Å². The summed E-state index contributed by atoms with van der Waals surface area (Å²) in [6.07, 6.45) is 1.19. The Hall–Kier alpha value is -0.870. The van der Waals surface area contributed by atoms with Gasteiger partial charge in [0.05, 0.1) is 6.04 Å². The molecule has 2 aromatic rings. The minimum absolute atomic E-state index is 0.258. The summed E-state index contributed by atoms with van der Waals surface area (Å²) in [6, 6.07) is 17.9. The minimum atomic E-state index is 0.258. The number of rotatable bonds is 5. The van der Waals surface area contributed by atoms with Crippen molar-refractivity contribution in [3.63, 3.8) is 0 Å². The lowest BCUT2D eigenvalue weighted by Crippen LogP contribution is -2.18. The van der Waals surface area contributed by atoms with Crippen LogP contribution in [0.5, 0.6) is 0 Å². The molecular formula is C18H22IN. The lowest BCUT2D eigenvalue weighted by atomic mass is 9.94. The minimum Gasteiger partial charge on any atom is -0.309 e. The summed E-state index contributed by atoms with van der Waals surface area (Å²) in [5, 5.41) is 3.43. The molecule has 2 unspecified atom stereocenters. The lowest BCUT2D eigenvalue weighted by Gasteiger charge is -2.19. The molecule has 2 aromatic carbocycles. The van der Waals surface area contributed by atoms with Gasteiger partial charge in [-0.1, -0.05) is 56.3 Å². The molecule has 0 aliphatic heterocycles. The second-order valence-electron chi connectivity index (χ2n) is 5.22. The van der Waals surface area contributed by atoms with Crippen molar-refractivity contribution in [1.82, 2.24) is 5.32 Å². The van der Waals surface area contributed by atoms with Gasteiger partial charge in [0, 0.05) is 3.57 Å². The largest absolute Gasteiger partial charge is 0.309 e. The molecule has 1 nitrogen and oxygen atoms in total. The van der Waals surface area contributed by atoms with Crippen LogP contribution in [0.1, 0.15) is 48.9 Å². The second-order valence-corrected chi connectivity index (χ2v) is 6.38. The topological polar surface area (TPSA) is 12.0 Å². The molecule has 0 aliphatic rings. The fourth-order valence-corrected chi connectivity index (χ4v) is 3.16. The van der Waals surface area contributed by atoms with Gasteiger partial charge in [0.15, 0.2) is 0 Å². The van der Waals surface area contributed by atoms with Gasteiger partial charge in [0.25, 0.3) is 0 Å². The van der Waals surface area contributed by atoms with E-state index in [2.05, 4.69) is 90.3 Å². The Morgan fingerprint density at radius 3 is 2.15 bits per heavy atom. The van der Waals surface area contributed by atoms with Gasteiger partial charge in [0.1, 0.15) is 0 Å². The van der Waals surface area contributed by atoms with E-state index >= 15 is 0 Å². The summed E-state index contributed by atoms with van der Waals surface area (Å²) in [6.45, 7) is 4.52. The van der Waals surface area contributed by atoms with Crippen LogP contribution in [-0.2, 0) is 0 Å². The Bertz CT molecular complexity index is 548. The van der Waals surface area contributed by atoms with Crippen molar-refractivity contribution in [1.29, 1.82) is 0 Å². The maximum Gasteiger partial charge on any atom is 0.0584 e. The monoisotopic (exact) mass is 379 g/mol. The van der Waals surface area contributed by atoms with Gasteiger partial charge < -0.3 is 5.32 Å². The predicted octanol–water partition coefficient (Wildman–Crippen LogP) is 5.11. The van der Waals surface area contributed by atoms with Crippen molar-refractivity contribution in [3.8, 4) is 0 Å². The highest BCUT2D eigenvalue weighted by molar-refractivity contribution is 14.1. The molecule has 2 heteroatoms. The summed E-state index contributed by atoms with van der Waals surface area (Å²) < 4.78 is 1.30. The van der Waals surface area contributed by atoms with E-state index in [4.69, 9.17) is 0 Å². The van der Waals surface area contributed by atoms with E-state index < -0.39 is 0 Å². The summed E-state index contributed by atoms with van der Waals surface area (Å²) in [5.41, 5.74) is 4.09. The van der Waals surface area contributed by atoms with E-state index in [1.165, 1.54) is 26.7 Å². The first-order valence-corrected chi connectivity index (χ1v) is 8.26. The SMILES string of the molecule is CCC(C)c1ccc(C(NC)c2ccccc2I)cc1. The van der Waals surface area contributed by atoms with E-state index in [0.717, 1.165) is 0 Å². The van der Waals surface area contributed by atoms with Crippen LogP contribution in [0.15, 0.2) is 48.5 Å². The molecule has 20 heavy (non-hydrogen) atoms. The normalized spacial score (nSPS) is 14.0. The van der Waals surface area contributed by atoms with Gasteiger partial charge in [-0.2, -0.15) is 0 Å². The summed E-state index contributed by atoms with van der Waals surface area (Å²) in [5.74, 6) is 0.633. The molecule has 0 aliphatic carbocycles. The smallest absolute Gasteiger partial charge is 0.0584 e. The number of hydrogen-bond donors (Lipinski definition) is 1. The number of nitrogens with one attached hydrogen (secondary N) is 1. The first-order chi connectivity index (χ1) is 9.67. The molecule has 0 saturated carbocycles. The molecule has 0 aromatic heterocycles. The van der Waals surface area contributed by atoms with Gasteiger partial charge in [-0.05, 0) is 64.7 Å². The van der Waals surface area contributed by atoms with Crippen molar-refractivity contribution in [2.45, 2.75) is 32.2 Å². The van der Waals surface area contributed by atoms with E-state index in [9.17, 15) is 0 Å². The molecule has 0 amide bonds. The lowest BCUT2D eigenvalue weighted by molar-refractivity contribution is 0.685. The zero-order valence-corrected chi connectivity index (χ0v) is 14.5. The van der Waals surface area contributed by atoms with Gasteiger partial charge in [0.2, 0.25) is 0 Å². The molecule has 2 rings (SSSR count). The highest BCUT2D eigenvalue weighted by atomic mass is 127. The Kier molecular flexibility index (Phi) is 5.61. The van der Waals surface area contributed by atoms with Crippen molar-refractivity contribution in [3.05, 3.63) is 68.8 Å². The van der Waals surface area contributed by atoms with Gasteiger partial charge >= 0.3 is 0 Å². The highest BCUT2D eigenvalue weighted by Crippen LogP contribution is 2.27. The summed E-state index contributed by atoms with van der Waals surface area (Å²) >= 11 is 2.41. The molecule has 2 atom stereocenters. The molecule has 0 bridgehead atoms. The third kappa shape index (κ3) is 3.41. The molecule has 0 spiro atoms. The van der Waals surface area contributed by atoms with E-state index in [0.29, 0.717) is 5.92 Å². The Labute approximate surface area is 135 Å². The molecular weight excluding hydrogens is 357 g/mol. The van der Waals surface area contributed by atoms with Crippen LogP contribution >= 0.6 is 22.6 Å². The van der Waals surface area contributed by atoms with Crippen LogP contribution in [0.2, 0.25) is 0 Å². The van der Waals surface area contributed by atoms with Gasteiger partial charge in [-0.15, -0.1) is 0 Å². The van der Waals surface area contributed by atoms with E-state index in [-0.39, 0.29) is 6.04 Å². The first-order valence-electron chi connectivity index (χ1n) is 7.19. The predicted molar refractivity (Wildman–Crippen MR) is 95.2 cm³/mol. The summed E-state index contributed by atoms with van der Waals surface area (Å²) in [7, 11) is 2.02. The highest BCUT2D eigenvalue weighted by Gasteiger charge is 2.14. The quantitative estimate of drug-likeness (QED) is 0.712. The van der Waals surface area contributed by atoms with E-state index in [1.807, 2.05) is 7.05 Å². The second kappa shape index (κ2) is 7.23. The van der Waals surface area contributed by atoms with Gasteiger partial charge in [-0.3, -0.25) is 0 Å². The van der Waals surface area contributed by atoms with Gasteiger partial charge in [-0.25, -0.2) is 0 Å². The van der Waals surface area contributed by atoms with Crippen LogP contribution in [0.25, 0.3) is 0 Å². The zero-order chi connectivity index (χ0) is 14.5. The molecule has 0 heterocycles. The molecule has 0 fully saturated rings. The third-order valence-corrected chi connectivity index (χ3v) is 4.94. The number of hydrogen-bond acceptors (Lipinski definition) is 1. The van der Waals surface area contributed by atoms with E-state index in [1.54, 1.807) is 0 Å². The van der Waals surface area contributed by atoms with Crippen molar-refractivity contribution in [2.24, 2.45) is 0 Å². The number of benzene rings is 2. The Morgan fingerprint density at radius 1 is 1.00 bits per heavy atom. The number of halogens is 1. The fourth-order valence-electron chi connectivity index (χ4n) is 2.46. The van der Waals surface area contributed by atoms with Crippen LogP contribution in [-0.4, -0.2) is 7.05 Å². The molecule has 106 valence electrons. The maximum atomic E-state index is 3.43. The molecule has 0 radical (unpaired) electrons. The van der Waals surface area contributed by atoms with Crippen molar-refractivity contribution in [2.75, 3.05) is 7.05 Å². The van der Waals surface area contributed by atoms with Crippen LogP contribution in [0.4, 0.5) is 0 Å². The standard InChI is InChI=1S/C18H22IN/c1-4-13(2)14-9-11-15(12-10-14)18(20-3)16-7-5-6-8-17(16)19/h5-13,18,20H,4H2,1-3H3.